The molecule has 0 saturated carbocycles. The summed E-state index contributed by atoms with van der Waals surface area (Å²) < 4.78 is 4.62. The van der Waals surface area contributed by atoms with E-state index in [1.54, 1.807) is 0 Å². The Morgan fingerprint density at radius 3 is 2.33 bits per heavy atom. The van der Waals surface area contributed by atoms with Crippen molar-refractivity contribution < 1.29 is 9.53 Å². The zero-order valence-corrected chi connectivity index (χ0v) is 16.5. The van der Waals surface area contributed by atoms with Gasteiger partial charge in [-0.25, -0.2) is 0 Å². The van der Waals surface area contributed by atoms with E-state index < -0.39 is 0 Å². The third kappa shape index (κ3) is 4.72. The fourth-order valence-corrected chi connectivity index (χ4v) is 2.39. The summed E-state index contributed by atoms with van der Waals surface area (Å²) >= 11 is 0. The molecule has 5 nitrogen and oxygen atoms in total. The first-order valence-corrected chi connectivity index (χ1v) is 7.31. The number of nitrogens with one attached hydrogen (secondary N) is 1. The van der Waals surface area contributed by atoms with Crippen LogP contribution in [0.2, 0.25) is 0 Å². The summed E-state index contributed by atoms with van der Waals surface area (Å²) in [7, 11) is 3.24. The standard InChI is InChI=1S/C15H29N3O2.HI/c1-14(2)11-18(15(14,3)4)13(16-5)17-10-8-7-9-12(19)20-6;/h7-11H2,1-6H3,(H,16,17);1H. The molecule has 124 valence electrons. The molecule has 0 aliphatic carbocycles. The van der Waals surface area contributed by atoms with E-state index in [0.29, 0.717) is 11.8 Å². The number of esters is 1. The number of carbonyl (C=O) groups excluding carboxylic acids is 1. The van der Waals surface area contributed by atoms with Gasteiger partial charge in [0.25, 0.3) is 0 Å². The zero-order chi connectivity index (χ0) is 15.4. The highest BCUT2D eigenvalue weighted by atomic mass is 127. The van der Waals surface area contributed by atoms with Crippen LogP contribution in [0.4, 0.5) is 0 Å². The maximum Gasteiger partial charge on any atom is 0.305 e. The molecule has 1 saturated heterocycles. The number of ether oxygens (including phenoxy) is 1. The summed E-state index contributed by atoms with van der Waals surface area (Å²) in [5.74, 6) is 0.812. The number of carbonyl (C=O) groups is 1. The lowest BCUT2D eigenvalue weighted by molar-refractivity contribution is -0.140. The van der Waals surface area contributed by atoms with Gasteiger partial charge in [0.1, 0.15) is 0 Å². The van der Waals surface area contributed by atoms with Gasteiger partial charge in [0.15, 0.2) is 5.96 Å². The fourth-order valence-electron chi connectivity index (χ4n) is 2.39. The number of guanidine groups is 1. The van der Waals surface area contributed by atoms with E-state index in [0.717, 1.165) is 31.9 Å². The molecule has 0 atom stereocenters. The Kier molecular flexibility index (Phi) is 7.99. The predicted molar refractivity (Wildman–Crippen MR) is 97.2 cm³/mol. The Hall–Kier alpha value is -0.530. The van der Waals surface area contributed by atoms with E-state index in [1.807, 2.05) is 7.05 Å². The summed E-state index contributed by atoms with van der Waals surface area (Å²) in [5.41, 5.74) is 0.413. The average molecular weight is 411 g/mol. The van der Waals surface area contributed by atoms with Crippen LogP contribution in [0.5, 0.6) is 0 Å². The van der Waals surface area contributed by atoms with Crippen molar-refractivity contribution in [1.29, 1.82) is 0 Å². The molecule has 1 rings (SSSR count). The van der Waals surface area contributed by atoms with E-state index >= 15 is 0 Å². The smallest absolute Gasteiger partial charge is 0.305 e. The van der Waals surface area contributed by atoms with Crippen molar-refractivity contribution in [3.63, 3.8) is 0 Å². The maximum atomic E-state index is 11.0. The molecule has 21 heavy (non-hydrogen) atoms. The molecule has 0 radical (unpaired) electrons. The van der Waals surface area contributed by atoms with Crippen molar-refractivity contribution >= 4 is 35.9 Å². The van der Waals surface area contributed by atoms with Gasteiger partial charge in [-0.2, -0.15) is 0 Å². The maximum absolute atomic E-state index is 11.0. The van der Waals surface area contributed by atoms with Crippen molar-refractivity contribution in [2.75, 3.05) is 27.2 Å². The Morgan fingerprint density at radius 2 is 1.90 bits per heavy atom. The van der Waals surface area contributed by atoms with Crippen LogP contribution >= 0.6 is 24.0 Å². The van der Waals surface area contributed by atoms with Crippen LogP contribution in [0, 0.1) is 5.41 Å². The molecule has 0 unspecified atom stereocenters. The van der Waals surface area contributed by atoms with E-state index in [4.69, 9.17) is 0 Å². The van der Waals surface area contributed by atoms with Gasteiger partial charge in [0.05, 0.1) is 7.11 Å². The monoisotopic (exact) mass is 411 g/mol. The molecule has 0 spiro atoms. The van der Waals surface area contributed by atoms with Crippen LogP contribution in [0.3, 0.4) is 0 Å². The molecule has 1 aliphatic heterocycles. The Labute approximate surface area is 145 Å². The number of halogens is 1. The van der Waals surface area contributed by atoms with E-state index in [9.17, 15) is 4.79 Å². The Balaban J connectivity index is 0.00000400. The third-order valence-electron chi connectivity index (χ3n) is 4.67. The van der Waals surface area contributed by atoms with Crippen molar-refractivity contribution in [3.8, 4) is 0 Å². The van der Waals surface area contributed by atoms with Gasteiger partial charge in [-0.05, 0) is 26.7 Å². The lowest BCUT2D eigenvalue weighted by Gasteiger charge is -2.62. The number of likely N-dealkylation sites (tertiary alicyclic amines) is 1. The molecule has 1 fully saturated rings. The Morgan fingerprint density at radius 1 is 1.29 bits per heavy atom. The second kappa shape index (κ2) is 8.19. The van der Waals surface area contributed by atoms with Crippen molar-refractivity contribution in [2.45, 2.75) is 52.5 Å². The summed E-state index contributed by atoms with van der Waals surface area (Å²) in [6, 6.07) is 0. The zero-order valence-electron chi connectivity index (χ0n) is 14.2. The second-order valence-electron chi connectivity index (χ2n) is 6.54. The van der Waals surface area contributed by atoms with Gasteiger partial charge in [-0.1, -0.05) is 13.8 Å². The summed E-state index contributed by atoms with van der Waals surface area (Å²) in [6.07, 6.45) is 2.26. The predicted octanol–water partition coefficient (Wildman–Crippen LogP) is 2.64. The molecular weight excluding hydrogens is 381 g/mol. The Bertz CT molecular complexity index is 381. The lowest BCUT2D eigenvalue weighted by Crippen LogP contribution is -2.72. The van der Waals surface area contributed by atoms with Crippen LogP contribution < -0.4 is 5.32 Å². The number of nitrogens with zero attached hydrogens (tertiary/aromatic N) is 2. The van der Waals surface area contributed by atoms with Crippen LogP contribution in [0.25, 0.3) is 0 Å². The topological polar surface area (TPSA) is 53.9 Å². The van der Waals surface area contributed by atoms with E-state index in [-0.39, 0.29) is 35.5 Å². The summed E-state index contributed by atoms with van der Waals surface area (Å²) in [6.45, 7) is 10.9. The quantitative estimate of drug-likeness (QED) is 0.249. The molecule has 6 heteroatoms. The number of aliphatic imine (C=N–C) groups is 1. The van der Waals surface area contributed by atoms with Gasteiger partial charge in [0, 0.05) is 37.5 Å². The van der Waals surface area contributed by atoms with Gasteiger partial charge in [-0.3, -0.25) is 9.79 Å². The number of hydrogen-bond donors (Lipinski definition) is 1. The van der Waals surface area contributed by atoms with Crippen LogP contribution in [-0.4, -0.2) is 49.6 Å². The molecular formula is C15H30IN3O2. The first-order chi connectivity index (χ1) is 9.26. The molecule has 0 aromatic rings. The fraction of sp³-hybridized carbons (Fsp3) is 0.867. The molecule has 1 N–H and O–H groups in total. The number of hydrogen-bond acceptors (Lipinski definition) is 3. The van der Waals surface area contributed by atoms with E-state index in [1.165, 1.54) is 7.11 Å². The third-order valence-corrected chi connectivity index (χ3v) is 4.67. The second-order valence-corrected chi connectivity index (χ2v) is 6.54. The van der Waals surface area contributed by atoms with Crippen molar-refractivity contribution in [2.24, 2.45) is 10.4 Å². The van der Waals surface area contributed by atoms with Gasteiger partial charge in [0.2, 0.25) is 0 Å². The van der Waals surface area contributed by atoms with Crippen molar-refractivity contribution in [1.82, 2.24) is 10.2 Å². The van der Waals surface area contributed by atoms with Gasteiger partial charge in [-0.15, -0.1) is 24.0 Å². The minimum Gasteiger partial charge on any atom is -0.469 e. The largest absolute Gasteiger partial charge is 0.469 e. The highest BCUT2D eigenvalue weighted by Crippen LogP contribution is 2.46. The van der Waals surface area contributed by atoms with Crippen LogP contribution in [-0.2, 0) is 9.53 Å². The first-order valence-electron chi connectivity index (χ1n) is 7.31. The molecule has 0 bridgehead atoms. The highest BCUT2D eigenvalue weighted by molar-refractivity contribution is 14.0. The number of rotatable bonds is 5. The number of unbranched alkanes of at least 4 members (excludes halogenated alkanes) is 1. The SMILES string of the molecule is CN=C(NCCCCC(=O)OC)N1CC(C)(C)C1(C)C.I. The highest BCUT2D eigenvalue weighted by Gasteiger charge is 2.53. The lowest BCUT2D eigenvalue weighted by atomic mass is 9.65. The summed E-state index contributed by atoms with van der Waals surface area (Å²) in [5, 5.41) is 3.38. The van der Waals surface area contributed by atoms with E-state index in [2.05, 4.69) is 47.6 Å². The normalized spacial score (nSPS) is 19.3. The molecule has 1 heterocycles. The summed E-state index contributed by atoms with van der Waals surface area (Å²) in [4.78, 5) is 17.7. The average Bonchev–Trinajstić information content (AvgIpc) is 2.40. The number of methoxy groups -OCH3 is 1. The minimum atomic E-state index is -0.139. The van der Waals surface area contributed by atoms with Crippen LogP contribution in [0.15, 0.2) is 4.99 Å². The van der Waals surface area contributed by atoms with Crippen LogP contribution in [0.1, 0.15) is 47.0 Å². The van der Waals surface area contributed by atoms with Crippen molar-refractivity contribution in [3.05, 3.63) is 0 Å². The first kappa shape index (κ1) is 20.5. The van der Waals surface area contributed by atoms with Gasteiger partial charge < -0.3 is 15.0 Å². The minimum absolute atomic E-state index is 0. The molecule has 1 aliphatic rings. The molecule has 0 amide bonds. The van der Waals surface area contributed by atoms with Gasteiger partial charge >= 0.3 is 5.97 Å². The molecule has 0 aromatic heterocycles. The molecule has 0 aromatic carbocycles.